The standard InChI is InChI=1S/C12H14FIO/c13-11-4-2-1-3-10(11)12(7-14)15-8-9-5-6-9/h1-4,9,12H,5-8H2. The maximum absolute atomic E-state index is 13.5. The highest BCUT2D eigenvalue weighted by molar-refractivity contribution is 14.1. The predicted octanol–water partition coefficient (Wildman–Crippen LogP) is 3.73. The molecule has 1 saturated carbocycles. The number of hydrogen-bond donors (Lipinski definition) is 0. The highest BCUT2D eigenvalue weighted by atomic mass is 127. The quantitative estimate of drug-likeness (QED) is 0.593. The Morgan fingerprint density at radius 1 is 1.40 bits per heavy atom. The zero-order valence-corrected chi connectivity index (χ0v) is 10.6. The van der Waals surface area contributed by atoms with Crippen LogP contribution in [0.15, 0.2) is 24.3 Å². The van der Waals surface area contributed by atoms with Gasteiger partial charge in [-0.1, -0.05) is 40.8 Å². The van der Waals surface area contributed by atoms with Gasteiger partial charge in [0.2, 0.25) is 0 Å². The molecule has 1 unspecified atom stereocenters. The number of rotatable bonds is 5. The normalized spacial score (nSPS) is 17.7. The molecule has 0 saturated heterocycles. The molecule has 0 radical (unpaired) electrons. The first kappa shape index (κ1) is 11.3. The van der Waals surface area contributed by atoms with Crippen molar-refractivity contribution in [3.05, 3.63) is 35.6 Å². The average Bonchev–Trinajstić information content (AvgIpc) is 3.05. The van der Waals surface area contributed by atoms with Crippen LogP contribution in [0.4, 0.5) is 4.39 Å². The van der Waals surface area contributed by atoms with Gasteiger partial charge >= 0.3 is 0 Å². The van der Waals surface area contributed by atoms with E-state index in [4.69, 9.17) is 4.74 Å². The van der Waals surface area contributed by atoms with Crippen LogP contribution in [-0.2, 0) is 4.74 Å². The van der Waals surface area contributed by atoms with Crippen LogP contribution in [0, 0.1) is 11.7 Å². The number of ether oxygens (including phenoxy) is 1. The van der Waals surface area contributed by atoms with Crippen LogP contribution in [0.1, 0.15) is 24.5 Å². The lowest BCUT2D eigenvalue weighted by molar-refractivity contribution is 0.0606. The molecule has 1 aliphatic carbocycles. The smallest absolute Gasteiger partial charge is 0.129 e. The maximum atomic E-state index is 13.5. The van der Waals surface area contributed by atoms with Crippen LogP contribution in [0.25, 0.3) is 0 Å². The Kier molecular flexibility index (Phi) is 3.97. The Bertz CT molecular complexity index is 325. The van der Waals surface area contributed by atoms with Gasteiger partial charge in [0, 0.05) is 9.99 Å². The van der Waals surface area contributed by atoms with E-state index in [2.05, 4.69) is 22.6 Å². The van der Waals surface area contributed by atoms with Crippen molar-refractivity contribution in [2.75, 3.05) is 11.0 Å². The Morgan fingerprint density at radius 3 is 2.73 bits per heavy atom. The summed E-state index contributed by atoms with van der Waals surface area (Å²) < 4.78 is 20.0. The van der Waals surface area contributed by atoms with Crippen molar-refractivity contribution in [1.29, 1.82) is 0 Å². The molecular weight excluding hydrogens is 306 g/mol. The highest BCUT2D eigenvalue weighted by Gasteiger charge is 2.24. The number of halogens is 2. The molecule has 0 N–H and O–H groups in total. The molecule has 1 aliphatic rings. The molecule has 82 valence electrons. The van der Waals surface area contributed by atoms with E-state index in [0.717, 1.165) is 17.0 Å². The summed E-state index contributed by atoms with van der Waals surface area (Å²) in [5, 5.41) is 0. The predicted molar refractivity (Wildman–Crippen MR) is 66.7 cm³/mol. The van der Waals surface area contributed by atoms with Crippen LogP contribution in [0.2, 0.25) is 0 Å². The van der Waals surface area contributed by atoms with Crippen molar-refractivity contribution < 1.29 is 9.13 Å². The summed E-state index contributed by atoms with van der Waals surface area (Å²) in [4.78, 5) is 0. The van der Waals surface area contributed by atoms with Crippen molar-refractivity contribution in [2.45, 2.75) is 18.9 Å². The summed E-state index contributed by atoms with van der Waals surface area (Å²) in [5.41, 5.74) is 0.688. The van der Waals surface area contributed by atoms with E-state index in [0.29, 0.717) is 5.56 Å². The van der Waals surface area contributed by atoms with E-state index in [-0.39, 0.29) is 11.9 Å². The van der Waals surface area contributed by atoms with Gasteiger partial charge in [-0.2, -0.15) is 0 Å². The third-order valence-corrected chi connectivity index (χ3v) is 3.42. The molecule has 1 aromatic rings. The van der Waals surface area contributed by atoms with Gasteiger partial charge < -0.3 is 4.74 Å². The zero-order valence-electron chi connectivity index (χ0n) is 8.46. The van der Waals surface area contributed by atoms with Crippen molar-refractivity contribution in [1.82, 2.24) is 0 Å². The van der Waals surface area contributed by atoms with Crippen LogP contribution < -0.4 is 0 Å². The molecule has 1 atom stereocenters. The van der Waals surface area contributed by atoms with Gasteiger partial charge in [0.25, 0.3) is 0 Å². The van der Waals surface area contributed by atoms with Gasteiger partial charge in [-0.05, 0) is 24.8 Å². The molecule has 3 heteroatoms. The van der Waals surface area contributed by atoms with Crippen molar-refractivity contribution in [3.63, 3.8) is 0 Å². The Labute approximate surface area is 103 Å². The van der Waals surface area contributed by atoms with E-state index in [1.807, 2.05) is 12.1 Å². The summed E-state index contributed by atoms with van der Waals surface area (Å²) in [6, 6.07) is 6.88. The van der Waals surface area contributed by atoms with E-state index in [9.17, 15) is 4.39 Å². The van der Waals surface area contributed by atoms with Gasteiger partial charge in [0.05, 0.1) is 12.7 Å². The summed E-state index contributed by atoms with van der Waals surface area (Å²) in [6.07, 6.45) is 2.45. The van der Waals surface area contributed by atoms with Gasteiger partial charge in [0.15, 0.2) is 0 Å². The third-order valence-electron chi connectivity index (χ3n) is 2.62. The maximum Gasteiger partial charge on any atom is 0.129 e. The fourth-order valence-corrected chi connectivity index (χ4v) is 2.22. The van der Waals surface area contributed by atoms with Crippen LogP contribution in [0.3, 0.4) is 0 Å². The lowest BCUT2D eigenvalue weighted by Gasteiger charge is -2.16. The van der Waals surface area contributed by atoms with Crippen LogP contribution >= 0.6 is 22.6 Å². The molecule has 0 spiro atoms. The largest absolute Gasteiger partial charge is 0.372 e. The van der Waals surface area contributed by atoms with Crippen LogP contribution in [-0.4, -0.2) is 11.0 Å². The summed E-state index contributed by atoms with van der Waals surface area (Å²) in [5.74, 6) is 0.567. The molecule has 0 heterocycles. The van der Waals surface area contributed by atoms with Gasteiger partial charge in [-0.3, -0.25) is 0 Å². The molecule has 0 aliphatic heterocycles. The van der Waals surface area contributed by atoms with E-state index >= 15 is 0 Å². The van der Waals surface area contributed by atoms with Gasteiger partial charge in [0.1, 0.15) is 5.82 Å². The first-order valence-electron chi connectivity index (χ1n) is 5.23. The van der Waals surface area contributed by atoms with Crippen LogP contribution in [0.5, 0.6) is 0 Å². The zero-order chi connectivity index (χ0) is 10.7. The monoisotopic (exact) mass is 320 g/mol. The Morgan fingerprint density at radius 2 is 2.13 bits per heavy atom. The van der Waals surface area contributed by atoms with E-state index < -0.39 is 0 Å². The average molecular weight is 320 g/mol. The summed E-state index contributed by atoms with van der Waals surface area (Å²) in [7, 11) is 0. The van der Waals surface area contributed by atoms with Crippen molar-refractivity contribution in [3.8, 4) is 0 Å². The molecule has 1 fully saturated rings. The van der Waals surface area contributed by atoms with E-state index in [1.54, 1.807) is 6.07 Å². The summed E-state index contributed by atoms with van der Waals surface area (Å²) in [6.45, 7) is 0.780. The Hall–Kier alpha value is -0.160. The molecule has 15 heavy (non-hydrogen) atoms. The first-order valence-corrected chi connectivity index (χ1v) is 6.76. The molecule has 0 amide bonds. The topological polar surface area (TPSA) is 9.23 Å². The summed E-state index contributed by atoms with van der Waals surface area (Å²) >= 11 is 2.25. The Balaban J connectivity index is 2.00. The molecule has 2 rings (SSSR count). The highest BCUT2D eigenvalue weighted by Crippen LogP contribution is 2.32. The minimum Gasteiger partial charge on any atom is -0.372 e. The second kappa shape index (κ2) is 5.25. The van der Waals surface area contributed by atoms with Gasteiger partial charge in [-0.25, -0.2) is 4.39 Å². The minimum absolute atomic E-state index is 0.0904. The molecule has 1 nitrogen and oxygen atoms in total. The first-order chi connectivity index (χ1) is 7.31. The number of alkyl halides is 1. The van der Waals surface area contributed by atoms with Crippen molar-refractivity contribution in [2.24, 2.45) is 5.92 Å². The number of benzene rings is 1. The van der Waals surface area contributed by atoms with E-state index in [1.165, 1.54) is 18.9 Å². The molecule has 0 bridgehead atoms. The lowest BCUT2D eigenvalue weighted by Crippen LogP contribution is -2.09. The molecule has 1 aromatic carbocycles. The lowest BCUT2D eigenvalue weighted by atomic mass is 10.1. The second-order valence-corrected chi connectivity index (χ2v) is 4.82. The van der Waals surface area contributed by atoms with Gasteiger partial charge in [-0.15, -0.1) is 0 Å². The number of hydrogen-bond acceptors (Lipinski definition) is 1. The SMILES string of the molecule is Fc1ccccc1C(CI)OCC1CC1. The van der Waals surface area contributed by atoms with Crippen molar-refractivity contribution >= 4 is 22.6 Å². The third kappa shape index (κ3) is 3.14. The molecular formula is C12H14FIO. The minimum atomic E-state index is -0.157. The fraction of sp³-hybridized carbons (Fsp3) is 0.500. The fourth-order valence-electron chi connectivity index (χ4n) is 1.49. The molecule has 0 aromatic heterocycles. The second-order valence-electron chi connectivity index (χ2n) is 3.94.